The summed E-state index contributed by atoms with van der Waals surface area (Å²) >= 11 is 1.47. The molecule has 2 aromatic heterocycles. The third-order valence-electron chi connectivity index (χ3n) is 3.53. The number of aryl methyl sites for hydroxylation is 2. The van der Waals surface area contributed by atoms with Crippen LogP contribution in [0.15, 0.2) is 9.21 Å². The molecule has 0 aliphatic carbocycles. The van der Waals surface area contributed by atoms with E-state index >= 15 is 0 Å². The fourth-order valence-electron chi connectivity index (χ4n) is 2.35. The molecule has 0 aromatic carbocycles. The van der Waals surface area contributed by atoms with Gasteiger partial charge in [-0.1, -0.05) is 26.2 Å². The number of ether oxygens (including phenoxy) is 1. The van der Waals surface area contributed by atoms with Gasteiger partial charge in [0.15, 0.2) is 0 Å². The highest BCUT2D eigenvalue weighted by Gasteiger charge is 2.19. The number of nitrogens with zero attached hydrogens (tertiary/aromatic N) is 1. The molecular weight excluding hydrogens is 302 g/mol. The van der Waals surface area contributed by atoms with Crippen LogP contribution in [0.1, 0.15) is 60.7 Å². The summed E-state index contributed by atoms with van der Waals surface area (Å²) in [6.45, 7) is 6.00. The summed E-state index contributed by atoms with van der Waals surface area (Å²) in [6, 6.07) is 0. The number of rotatable bonds is 7. The minimum absolute atomic E-state index is 0.217. The van der Waals surface area contributed by atoms with Crippen molar-refractivity contribution in [3.05, 3.63) is 26.8 Å². The molecule has 0 atom stereocenters. The first-order chi connectivity index (χ1) is 10.6. The second-order valence-electron chi connectivity index (χ2n) is 5.17. The van der Waals surface area contributed by atoms with Crippen LogP contribution in [0.4, 0.5) is 0 Å². The number of thiophene rings is 1. The average molecular weight is 323 g/mol. The van der Waals surface area contributed by atoms with Crippen molar-refractivity contribution in [3.63, 3.8) is 0 Å². The Labute approximate surface area is 133 Å². The predicted octanol–water partition coefficient (Wildman–Crippen LogP) is 3.86. The van der Waals surface area contributed by atoms with E-state index in [9.17, 15) is 9.59 Å². The van der Waals surface area contributed by atoms with E-state index in [1.54, 1.807) is 6.92 Å². The highest BCUT2D eigenvalue weighted by molar-refractivity contribution is 7.18. The van der Waals surface area contributed by atoms with Crippen LogP contribution in [0.5, 0.6) is 0 Å². The van der Waals surface area contributed by atoms with Gasteiger partial charge < -0.3 is 9.15 Å². The molecule has 22 heavy (non-hydrogen) atoms. The van der Waals surface area contributed by atoms with Gasteiger partial charge in [0.25, 0.3) is 0 Å². The number of unbranched alkanes of at least 4 members (excludes halogenated alkanes) is 3. The van der Waals surface area contributed by atoms with Crippen LogP contribution in [-0.2, 0) is 11.2 Å². The first-order valence-corrected chi connectivity index (χ1v) is 8.50. The Hall–Kier alpha value is -1.69. The molecule has 0 N–H and O–H groups in total. The van der Waals surface area contributed by atoms with E-state index in [1.165, 1.54) is 30.6 Å². The molecule has 2 aromatic rings. The van der Waals surface area contributed by atoms with Gasteiger partial charge in [-0.3, -0.25) is 0 Å². The number of esters is 1. The SMILES string of the molecule is CCCCCCc1sc2nc(C(=O)OCC)oc(=O)c2c1C. The Morgan fingerprint density at radius 1 is 1.27 bits per heavy atom. The zero-order chi connectivity index (χ0) is 16.1. The summed E-state index contributed by atoms with van der Waals surface area (Å²) in [7, 11) is 0. The lowest BCUT2D eigenvalue weighted by atomic mass is 10.1. The van der Waals surface area contributed by atoms with E-state index in [0.29, 0.717) is 10.2 Å². The first kappa shape index (κ1) is 16.7. The molecule has 0 radical (unpaired) electrons. The van der Waals surface area contributed by atoms with Crippen molar-refractivity contribution < 1.29 is 13.9 Å². The van der Waals surface area contributed by atoms with Gasteiger partial charge in [0.05, 0.1) is 6.61 Å². The van der Waals surface area contributed by atoms with Crippen molar-refractivity contribution in [2.75, 3.05) is 6.61 Å². The second kappa shape index (κ2) is 7.54. The number of carbonyl (C=O) groups is 1. The highest BCUT2D eigenvalue weighted by atomic mass is 32.1. The Balaban J connectivity index is 2.31. The molecular formula is C16H21NO4S. The normalized spacial score (nSPS) is 11.0. The molecule has 2 rings (SSSR count). The second-order valence-corrected chi connectivity index (χ2v) is 6.25. The lowest BCUT2D eigenvalue weighted by Crippen LogP contribution is -2.12. The molecule has 2 heterocycles. The lowest BCUT2D eigenvalue weighted by Gasteiger charge is -1.99. The third kappa shape index (κ3) is 3.55. The maximum Gasteiger partial charge on any atom is 0.394 e. The largest absolute Gasteiger partial charge is 0.459 e. The molecule has 0 saturated heterocycles. The van der Waals surface area contributed by atoms with Crippen molar-refractivity contribution in [2.45, 2.75) is 52.9 Å². The van der Waals surface area contributed by atoms with Gasteiger partial charge in [0, 0.05) is 4.88 Å². The fourth-order valence-corrected chi connectivity index (χ4v) is 3.55. The van der Waals surface area contributed by atoms with Crippen LogP contribution < -0.4 is 5.63 Å². The molecule has 0 amide bonds. The lowest BCUT2D eigenvalue weighted by molar-refractivity contribution is 0.0474. The molecule has 5 nitrogen and oxygen atoms in total. The molecule has 0 bridgehead atoms. The van der Waals surface area contributed by atoms with Gasteiger partial charge >= 0.3 is 17.5 Å². The van der Waals surface area contributed by atoms with Gasteiger partial charge in [-0.15, -0.1) is 11.3 Å². The van der Waals surface area contributed by atoms with Crippen LogP contribution in [-0.4, -0.2) is 17.6 Å². The number of aromatic nitrogens is 1. The number of fused-ring (bicyclic) bond motifs is 1. The Bertz CT molecular complexity index is 717. The van der Waals surface area contributed by atoms with Crippen LogP contribution in [0.2, 0.25) is 0 Å². The number of carbonyl (C=O) groups excluding carboxylic acids is 1. The summed E-state index contributed by atoms with van der Waals surface area (Å²) in [5.74, 6) is -0.963. The van der Waals surface area contributed by atoms with Crippen molar-refractivity contribution in [3.8, 4) is 0 Å². The maximum atomic E-state index is 12.1. The molecule has 0 aliphatic heterocycles. The van der Waals surface area contributed by atoms with Crippen molar-refractivity contribution in [2.24, 2.45) is 0 Å². The first-order valence-electron chi connectivity index (χ1n) is 7.68. The van der Waals surface area contributed by atoms with E-state index in [0.717, 1.165) is 23.3 Å². The summed E-state index contributed by atoms with van der Waals surface area (Å²) in [4.78, 5) is 29.6. The Morgan fingerprint density at radius 2 is 2.05 bits per heavy atom. The van der Waals surface area contributed by atoms with E-state index in [-0.39, 0.29) is 12.5 Å². The minimum Gasteiger partial charge on any atom is -0.459 e. The molecule has 0 spiro atoms. The van der Waals surface area contributed by atoms with Gasteiger partial charge in [-0.25, -0.2) is 9.59 Å². The number of hydrogen-bond acceptors (Lipinski definition) is 6. The predicted molar refractivity (Wildman–Crippen MR) is 86.7 cm³/mol. The van der Waals surface area contributed by atoms with Crippen molar-refractivity contribution in [1.29, 1.82) is 0 Å². The van der Waals surface area contributed by atoms with Gasteiger partial charge in [0.2, 0.25) is 0 Å². The summed E-state index contributed by atoms with van der Waals surface area (Å²) in [5, 5.41) is 0.489. The van der Waals surface area contributed by atoms with Gasteiger partial charge in [-0.05, 0) is 32.3 Å². The smallest absolute Gasteiger partial charge is 0.394 e. The van der Waals surface area contributed by atoms with Gasteiger partial charge in [-0.2, -0.15) is 4.98 Å². The summed E-state index contributed by atoms with van der Waals surface area (Å²) in [6.07, 6.45) is 5.62. The topological polar surface area (TPSA) is 69.4 Å². The summed E-state index contributed by atoms with van der Waals surface area (Å²) < 4.78 is 9.84. The van der Waals surface area contributed by atoms with E-state index in [4.69, 9.17) is 9.15 Å². The van der Waals surface area contributed by atoms with Crippen LogP contribution in [0.3, 0.4) is 0 Å². The molecule has 6 heteroatoms. The molecule has 120 valence electrons. The quantitative estimate of drug-likeness (QED) is 0.571. The highest BCUT2D eigenvalue weighted by Crippen LogP contribution is 2.29. The molecule has 0 fully saturated rings. The molecule has 0 aliphatic rings. The monoisotopic (exact) mass is 323 g/mol. The van der Waals surface area contributed by atoms with Crippen LogP contribution >= 0.6 is 11.3 Å². The molecule has 0 saturated carbocycles. The summed E-state index contributed by atoms with van der Waals surface area (Å²) in [5.41, 5.74) is 0.412. The van der Waals surface area contributed by atoms with Crippen molar-refractivity contribution >= 4 is 27.5 Å². The third-order valence-corrected chi connectivity index (χ3v) is 4.78. The van der Waals surface area contributed by atoms with Gasteiger partial charge in [0.1, 0.15) is 10.2 Å². The fraction of sp³-hybridized carbons (Fsp3) is 0.562. The minimum atomic E-state index is -0.697. The standard InChI is InChI=1S/C16H21NO4S/c1-4-6-7-8-9-11-10(3)12-14(22-11)17-13(21-15(12)18)16(19)20-5-2/h4-9H2,1-3H3. The average Bonchev–Trinajstić information content (AvgIpc) is 2.81. The van der Waals surface area contributed by atoms with Crippen LogP contribution in [0, 0.1) is 6.92 Å². The Morgan fingerprint density at radius 3 is 2.73 bits per heavy atom. The van der Waals surface area contributed by atoms with E-state index in [2.05, 4.69) is 11.9 Å². The van der Waals surface area contributed by atoms with E-state index in [1.807, 2.05) is 6.92 Å². The van der Waals surface area contributed by atoms with Crippen molar-refractivity contribution in [1.82, 2.24) is 4.98 Å². The van der Waals surface area contributed by atoms with Crippen LogP contribution in [0.25, 0.3) is 10.2 Å². The zero-order valence-corrected chi connectivity index (χ0v) is 14.0. The maximum absolute atomic E-state index is 12.1. The van der Waals surface area contributed by atoms with E-state index < -0.39 is 11.6 Å². The molecule has 0 unspecified atom stereocenters. The zero-order valence-electron chi connectivity index (χ0n) is 13.2. The Kier molecular flexibility index (Phi) is 5.71. The number of hydrogen-bond donors (Lipinski definition) is 0.